The second kappa shape index (κ2) is 6.41. The maximum atomic E-state index is 11.7. The molecule has 1 aliphatic rings. The Hall–Kier alpha value is -1.78. The van der Waals surface area contributed by atoms with Crippen LogP contribution in [0, 0.1) is 0 Å². The Kier molecular flexibility index (Phi) is 4.60. The van der Waals surface area contributed by atoms with Gasteiger partial charge >= 0.3 is 6.03 Å². The molecule has 1 aliphatic carbocycles. The number of amides is 2. The summed E-state index contributed by atoms with van der Waals surface area (Å²) >= 11 is 0. The van der Waals surface area contributed by atoms with Crippen molar-refractivity contribution in [3.8, 4) is 0 Å². The van der Waals surface area contributed by atoms with Gasteiger partial charge in [0.2, 0.25) is 0 Å². The maximum Gasteiger partial charge on any atom is 0.315 e. The van der Waals surface area contributed by atoms with E-state index in [9.17, 15) is 4.79 Å². The summed E-state index contributed by atoms with van der Waals surface area (Å²) in [5, 5.41) is 5.91. The zero-order valence-corrected chi connectivity index (χ0v) is 11.6. The highest BCUT2D eigenvalue weighted by Crippen LogP contribution is 2.17. The molecular weight excluding hydrogens is 240 g/mol. The molecule has 5 heteroatoms. The van der Waals surface area contributed by atoms with Gasteiger partial charge in [-0.05, 0) is 30.5 Å². The van der Waals surface area contributed by atoms with Crippen molar-refractivity contribution in [3.05, 3.63) is 23.9 Å². The monoisotopic (exact) mass is 262 g/mol. The molecule has 5 nitrogen and oxygen atoms in total. The zero-order valence-electron chi connectivity index (χ0n) is 11.6. The Morgan fingerprint density at radius 3 is 2.84 bits per heavy atom. The molecule has 1 saturated carbocycles. The summed E-state index contributed by atoms with van der Waals surface area (Å²) in [5.74, 6) is 0.899. The van der Waals surface area contributed by atoms with Gasteiger partial charge in [0.15, 0.2) is 0 Å². The van der Waals surface area contributed by atoms with Crippen LogP contribution in [0.2, 0.25) is 0 Å². The standard InChI is InChI=1S/C14H22N4O/c1-18(2)13-9-11(7-8-15-13)10-16-14(19)17-12-5-3-4-6-12/h7-9,12H,3-6,10H2,1-2H3,(H2,16,17,19). The van der Waals surface area contributed by atoms with Crippen molar-refractivity contribution in [1.29, 1.82) is 0 Å². The first-order valence-electron chi connectivity index (χ1n) is 6.82. The van der Waals surface area contributed by atoms with E-state index in [1.807, 2.05) is 31.1 Å². The third kappa shape index (κ3) is 4.12. The van der Waals surface area contributed by atoms with E-state index in [4.69, 9.17) is 0 Å². The van der Waals surface area contributed by atoms with Crippen molar-refractivity contribution in [2.45, 2.75) is 38.3 Å². The summed E-state index contributed by atoms with van der Waals surface area (Å²) in [6.07, 6.45) is 6.42. The molecule has 104 valence electrons. The minimum absolute atomic E-state index is 0.0740. The fourth-order valence-corrected chi connectivity index (χ4v) is 2.30. The van der Waals surface area contributed by atoms with Crippen molar-refractivity contribution < 1.29 is 4.79 Å². The molecule has 1 aromatic heterocycles. The number of carbonyl (C=O) groups excluding carboxylic acids is 1. The lowest BCUT2D eigenvalue weighted by atomic mass is 10.2. The Labute approximate surface area is 114 Å². The first-order chi connectivity index (χ1) is 9.15. The summed E-state index contributed by atoms with van der Waals surface area (Å²) in [4.78, 5) is 17.9. The molecule has 0 aliphatic heterocycles. The number of hydrogen-bond acceptors (Lipinski definition) is 3. The van der Waals surface area contributed by atoms with Crippen LogP contribution in [0.25, 0.3) is 0 Å². The van der Waals surface area contributed by atoms with Gasteiger partial charge in [0, 0.05) is 32.9 Å². The van der Waals surface area contributed by atoms with Gasteiger partial charge in [-0.25, -0.2) is 9.78 Å². The molecule has 0 atom stereocenters. The van der Waals surface area contributed by atoms with E-state index >= 15 is 0 Å². The van der Waals surface area contributed by atoms with Crippen molar-refractivity contribution in [1.82, 2.24) is 15.6 Å². The number of nitrogens with zero attached hydrogens (tertiary/aromatic N) is 2. The Bertz CT molecular complexity index is 427. The predicted octanol–water partition coefficient (Wildman–Crippen LogP) is 1.89. The normalized spacial score (nSPS) is 15.3. The lowest BCUT2D eigenvalue weighted by molar-refractivity contribution is 0.236. The number of hydrogen-bond donors (Lipinski definition) is 2. The van der Waals surface area contributed by atoms with Crippen LogP contribution in [0.3, 0.4) is 0 Å². The molecule has 1 fully saturated rings. The van der Waals surface area contributed by atoms with Gasteiger partial charge in [0.05, 0.1) is 0 Å². The van der Waals surface area contributed by atoms with E-state index < -0.39 is 0 Å². The van der Waals surface area contributed by atoms with Gasteiger partial charge < -0.3 is 15.5 Å². The summed E-state index contributed by atoms with van der Waals surface area (Å²) < 4.78 is 0. The van der Waals surface area contributed by atoms with Crippen molar-refractivity contribution in [2.75, 3.05) is 19.0 Å². The summed E-state index contributed by atoms with van der Waals surface area (Å²) in [5.41, 5.74) is 1.06. The molecule has 0 unspecified atom stereocenters. The first kappa shape index (κ1) is 13.6. The average Bonchev–Trinajstić information content (AvgIpc) is 2.89. The van der Waals surface area contributed by atoms with Crippen molar-refractivity contribution in [2.24, 2.45) is 0 Å². The number of rotatable bonds is 4. The minimum Gasteiger partial charge on any atom is -0.363 e. The fraction of sp³-hybridized carbons (Fsp3) is 0.571. The van der Waals surface area contributed by atoms with E-state index in [2.05, 4.69) is 15.6 Å². The second-order valence-electron chi connectivity index (χ2n) is 5.23. The molecule has 1 aromatic rings. The van der Waals surface area contributed by atoms with Gasteiger partial charge in [-0.3, -0.25) is 0 Å². The van der Waals surface area contributed by atoms with Crippen LogP contribution in [0.1, 0.15) is 31.2 Å². The van der Waals surface area contributed by atoms with Gasteiger partial charge in [-0.15, -0.1) is 0 Å². The van der Waals surface area contributed by atoms with Crippen LogP contribution in [0.4, 0.5) is 10.6 Å². The largest absolute Gasteiger partial charge is 0.363 e. The topological polar surface area (TPSA) is 57.3 Å². The Morgan fingerprint density at radius 2 is 2.16 bits per heavy atom. The third-order valence-electron chi connectivity index (χ3n) is 3.41. The highest BCUT2D eigenvalue weighted by atomic mass is 16.2. The van der Waals surface area contributed by atoms with Crippen LogP contribution >= 0.6 is 0 Å². The first-order valence-corrected chi connectivity index (χ1v) is 6.82. The fourth-order valence-electron chi connectivity index (χ4n) is 2.30. The van der Waals surface area contributed by atoms with Gasteiger partial charge in [-0.1, -0.05) is 12.8 Å². The molecule has 0 saturated heterocycles. The quantitative estimate of drug-likeness (QED) is 0.871. The molecule has 2 N–H and O–H groups in total. The number of aromatic nitrogens is 1. The maximum absolute atomic E-state index is 11.7. The Balaban J connectivity index is 1.80. The summed E-state index contributed by atoms with van der Waals surface area (Å²) in [6.45, 7) is 0.530. The van der Waals surface area contributed by atoms with Crippen LogP contribution in [-0.4, -0.2) is 31.2 Å². The summed E-state index contributed by atoms with van der Waals surface area (Å²) in [7, 11) is 3.90. The highest BCUT2D eigenvalue weighted by Gasteiger charge is 2.16. The smallest absolute Gasteiger partial charge is 0.315 e. The molecule has 0 bridgehead atoms. The SMILES string of the molecule is CN(C)c1cc(CNC(=O)NC2CCCC2)ccn1. The molecular formula is C14H22N4O. The van der Waals surface area contributed by atoms with Gasteiger partial charge in [-0.2, -0.15) is 0 Å². The van der Waals surface area contributed by atoms with E-state index in [0.717, 1.165) is 24.2 Å². The Morgan fingerprint density at radius 1 is 1.42 bits per heavy atom. The van der Waals surface area contributed by atoms with Crippen LogP contribution in [0.15, 0.2) is 18.3 Å². The highest BCUT2D eigenvalue weighted by molar-refractivity contribution is 5.74. The molecule has 1 heterocycles. The zero-order chi connectivity index (χ0) is 13.7. The lowest BCUT2D eigenvalue weighted by Crippen LogP contribution is -2.40. The van der Waals surface area contributed by atoms with E-state index in [1.54, 1.807) is 6.20 Å². The minimum atomic E-state index is -0.0740. The number of pyridine rings is 1. The number of urea groups is 1. The molecule has 0 radical (unpaired) electrons. The van der Waals surface area contributed by atoms with Crippen molar-refractivity contribution >= 4 is 11.8 Å². The number of carbonyl (C=O) groups is 1. The average molecular weight is 262 g/mol. The van der Waals surface area contributed by atoms with Gasteiger partial charge in [0.1, 0.15) is 5.82 Å². The second-order valence-corrected chi connectivity index (χ2v) is 5.23. The molecule has 19 heavy (non-hydrogen) atoms. The molecule has 0 aromatic carbocycles. The van der Waals surface area contributed by atoms with E-state index in [1.165, 1.54) is 12.8 Å². The molecule has 2 rings (SSSR count). The van der Waals surface area contributed by atoms with Crippen LogP contribution in [-0.2, 0) is 6.54 Å². The van der Waals surface area contributed by atoms with E-state index in [0.29, 0.717) is 12.6 Å². The third-order valence-corrected chi connectivity index (χ3v) is 3.41. The lowest BCUT2D eigenvalue weighted by Gasteiger charge is -2.14. The molecule has 2 amide bonds. The number of nitrogens with one attached hydrogen (secondary N) is 2. The predicted molar refractivity (Wildman–Crippen MR) is 76.2 cm³/mol. The van der Waals surface area contributed by atoms with Crippen LogP contribution < -0.4 is 15.5 Å². The van der Waals surface area contributed by atoms with Crippen LogP contribution in [0.5, 0.6) is 0 Å². The van der Waals surface area contributed by atoms with Gasteiger partial charge in [0.25, 0.3) is 0 Å². The molecule has 0 spiro atoms. The van der Waals surface area contributed by atoms with E-state index in [-0.39, 0.29) is 6.03 Å². The summed E-state index contributed by atoms with van der Waals surface area (Å²) in [6, 6.07) is 4.18. The van der Waals surface area contributed by atoms with Crippen molar-refractivity contribution in [3.63, 3.8) is 0 Å². The number of anilines is 1.